The fourth-order valence-corrected chi connectivity index (χ4v) is 0.955. The van der Waals surface area contributed by atoms with Crippen LogP contribution in [0.15, 0.2) is 16.8 Å². The minimum Gasteiger partial charge on any atom is -0.269 e. The monoisotopic (exact) mass is 167 g/mol. The first kappa shape index (κ1) is 11.4. The van der Waals surface area contributed by atoms with Crippen LogP contribution in [0.4, 0.5) is 0 Å². The van der Waals surface area contributed by atoms with Crippen LogP contribution in [0.3, 0.4) is 0 Å². The Bertz CT molecular complexity index is 170. The molecule has 0 saturated heterocycles. The number of aliphatic imine (C=N–C) groups is 1. The van der Waals surface area contributed by atoms with E-state index in [-0.39, 0.29) is 5.41 Å². The van der Waals surface area contributed by atoms with E-state index in [1.54, 1.807) is 0 Å². The topological polar surface area (TPSA) is 12.4 Å². The zero-order chi connectivity index (χ0) is 9.78. The average Bonchev–Trinajstić information content (AvgIpc) is 1.85. The van der Waals surface area contributed by atoms with Crippen LogP contribution in [0.25, 0.3) is 0 Å². The van der Waals surface area contributed by atoms with Crippen molar-refractivity contribution in [2.24, 2.45) is 16.3 Å². The summed E-state index contributed by atoms with van der Waals surface area (Å²) in [5.41, 5.74) is 1.24. The van der Waals surface area contributed by atoms with E-state index in [4.69, 9.17) is 0 Å². The molecule has 0 amide bonds. The van der Waals surface area contributed by atoms with Crippen molar-refractivity contribution in [2.45, 2.75) is 41.0 Å². The standard InChI is InChI=1S/C11H21N/c1-9(2)7-8-10(12-6)11(3,4)5/h8-9H,6-7H2,1-5H3/b10-8-. The van der Waals surface area contributed by atoms with Crippen LogP contribution >= 0.6 is 0 Å². The molecule has 0 rings (SSSR count). The largest absolute Gasteiger partial charge is 0.269 e. The highest BCUT2D eigenvalue weighted by atomic mass is 14.7. The van der Waals surface area contributed by atoms with Crippen molar-refractivity contribution >= 4 is 6.72 Å². The summed E-state index contributed by atoms with van der Waals surface area (Å²) in [5.74, 6) is 0.698. The minimum atomic E-state index is 0.136. The molecule has 0 bridgehead atoms. The molecule has 0 heterocycles. The van der Waals surface area contributed by atoms with Gasteiger partial charge in [0.25, 0.3) is 0 Å². The second-order valence-corrected chi connectivity index (χ2v) is 4.63. The molecule has 0 fully saturated rings. The van der Waals surface area contributed by atoms with E-state index < -0.39 is 0 Å². The van der Waals surface area contributed by atoms with Crippen molar-refractivity contribution in [2.75, 3.05) is 0 Å². The molecule has 1 heteroatoms. The van der Waals surface area contributed by atoms with Gasteiger partial charge in [0, 0.05) is 11.1 Å². The summed E-state index contributed by atoms with van der Waals surface area (Å²) in [5, 5.41) is 0. The molecule has 0 radical (unpaired) electrons. The summed E-state index contributed by atoms with van der Waals surface area (Å²) in [6, 6.07) is 0. The maximum absolute atomic E-state index is 4.04. The number of hydrogen-bond donors (Lipinski definition) is 0. The Labute approximate surface area is 76.6 Å². The van der Waals surface area contributed by atoms with Gasteiger partial charge in [0.15, 0.2) is 0 Å². The zero-order valence-corrected chi connectivity index (χ0v) is 9.02. The normalized spacial score (nSPS) is 13.7. The fraction of sp³-hybridized carbons (Fsp3) is 0.727. The van der Waals surface area contributed by atoms with Gasteiger partial charge in [-0.15, -0.1) is 0 Å². The van der Waals surface area contributed by atoms with Crippen LogP contribution in [-0.4, -0.2) is 6.72 Å². The summed E-state index contributed by atoms with van der Waals surface area (Å²) in [6.07, 6.45) is 3.28. The Balaban J connectivity index is 4.34. The molecule has 0 spiro atoms. The van der Waals surface area contributed by atoms with Gasteiger partial charge in [-0.05, 0) is 19.1 Å². The third-order valence-electron chi connectivity index (χ3n) is 1.72. The first-order valence-electron chi connectivity index (χ1n) is 4.55. The second-order valence-electron chi connectivity index (χ2n) is 4.63. The Kier molecular flexibility index (Phi) is 4.22. The average molecular weight is 167 g/mol. The van der Waals surface area contributed by atoms with E-state index >= 15 is 0 Å². The predicted molar refractivity (Wildman–Crippen MR) is 56.5 cm³/mol. The van der Waals surface area contributed by atoms with Crippen LogP contribution in [-0.2, 0) is 0 Å². The van der Waals surface area contributed by atoms with Crippen LogP contribution < -0.4 is 0 Å². The SMILES string of the molecule is C=N/C(=C\CC(C)C)C(C)(C)C. The molecule has 0 saturated carbocycles. The molecule has 0 N–H and O–H groups in total. The van der Waals surface area contributed by atoms with Gasteiger partial charge in [0.2, 0.25) is 0 Å². The Morgan fingerprint density at radius 1 is 1.42 bits per heavy atom. The smallest absolute Gasteiger partial charge is 0.0410 e. The highest BCUT2D eigenvalue weighted by molar-refractivity contribution is 5.30. The number of nitrogens with zero attached hydrogens (tertiary/aromatic N) is 1. The van der Waals surface area contributed by atoms with E-state index in [0.717, 1.165) is 12.1 Å². The minimum absolute atomic E-state index is 0.136. The van der Waals surface area contributed by atoms with Crippen LogP contribution in [0.2, 0.25) is 0 Å². The lowest BCUT2D eigenvalue weighted by Crippen LogP contribution is -2.07. The van der Waals surface area contributed by atoms with Gasteiger partial charge in [-0.3, -0.25) is 4.99 Å². The van der Waals surface area contributed by atoms with Gasteiger partial charge in [-0.2, -0.15) is 0 Å². The molecule has 0 atom stereocenters. The molecule has 70 valence electrons. The maximum Gasteiger partial charge on any atom is 0.0410 e. The molecule has 0 aliphatic carbocycles. The van der Waals surface area contributed by atoms with Gasteiger partial charge >= 0.3 is 0 Å². The van der Waals surface area contributed by atoms with Gasteiger partial charge < -0.3 is 0 Å². The zero-order valence-electron chi connectivity index (χ0n) is 9.02. The van der Waals surface area contributed by atoms with Crippen molar-refractivity contribution in [1.82, 2.24) is 0 Å². The second kappa shape index (κ2) is 4.44. The van der Waals surface area contributed by atoms with Crippen LogP contribution in [0, 0.1) is 11.3 Å². The van der Waals surface area contributed by atoms with E-state index in [9.17, 15) is 0 Å². The molecule has 0 aromatic rings. The lowest BCUT2D eigenvalue weighted by molar-refractivity contribution is 0.493. The Hall–Kier alpha value is -0.590. The summed E-state index contributed by atoms with van der Waals surface area (Å²) >= 11 is 0. The van der Waals surface area contributed by atoms with Crippen molar-refractivity contribution in [3.63, 3.8) is 0 Å². The maximum atomic E-state index is 4.04. The Morgan fingerprint density at radius 3 is 2.17 bits per heavy atom. The summed E-state index contributed by atoms with van der Waals surface area (Å²) < 4.78 is 0. The third kappa shape index (κ3) is 4.32. The van der Waals surface area contributed by atoms with E-state index in [2.05, 4.69) is 52.4 Å². The lowest BCUT2D eigenvalue weighted by atomic mass is 9.91. The molecular weight excluding hydrogens is 146 g/mol. The highest BCUT2D eigenvalue weighted by Gasteiger charge is 2.14. The molecule has 0 unspecified atom stereocenters. The van der Waals surface area contributed by atoms with Gasteiger partial charge in [0.05, 0.1) is 0 Å². The fourth-order valence-electron chi connectivity index (χ4n) is 0.955. The molecule has 0 aliphatic heterocycles. The number of rotatable bonds is 3. The molecule has 0 aliphatic rings. The Morgan fingerprint density at radius 2 is 1.92 bits per heavy atom. The van der Waals surface area contributed by atoms with Crippen molar-refractivity contribution in [3.05, 3.63) is 11.8 Å². The third-order valence-corrected chi connectivity index (χ3v) is 1.72. The van der Waals surface area contributed by atoms with Crippen molar-refractivity contribution < 1.29 is 0 Å². The number of allylic oxidation sites excluding steroid dienone is 2. The van der Waals surface area contributed by atoms with Crippen molar-refractivity contribution in [3.8, 4) is 0 Å². The molecule has 12 heavy (non-hydrogen) atoms. The van der Waals surface area contributed by atoms with Gasteiger partial charge in [-0.25, -0.2) is 0 Å². The molecular formula is C11H21N. The van der Waals surface area contributed by atoms with Crippen LogP contribution in [0.1, 0.15) is 41.0 Å². The van der Waals surface area contributed by atoms with Crippen molar-refractivity contribution in [1.29, 1.82) is 0 Å². The predicted octanol–water partition coefficient (Wildman–Crippen LogP) is 3.66. The first-order chi connectivity index (χ1) is 5.38. The van der Waals surface area contributed by atoms with Gasteiger partial charge in [0.1, 0.15) is 0 Å². The first-order valence-corrected chi connectivity index (χ1v) is 4.55. The van der Waals surface area contributed by atoms with E-state index in [1.165, 1.54) is 0 Å². The number of hydrogen-bond acceptors (Lipinski definition) is 1. The van der Waals surface area contributed by atoms with E-state index in [1.807, 2.05) is 0 Å². The summed E-state index contributed by atoms with van der Waals surface area (Å²) in [4.78, 5) is 4.04. The quantitative estimate of drug-likeness (QED) is 0.569. The van der Waals surface area contributed by atoms with Crippen LogP contribution in [0.5, 0.6) is 0 Å². The van der Waals surface area contributed by atoms with E-state index in [0.29, 0.717) is 5.92 Å². The summed E-state index contributed by atoms with van der Waals surface area (Å²) in [6.45, 7) is 14.5. The summed E-state index contributed by atoms with van der Waals surface area (Å²) in [7, 11) is 0. The molecule has 1 nitrogen and oxygen atoms in total. The van der Waals surface area contributed by atoms with Gasteiger partial charge in [-0.1, -0.05) is 40.7 Å². The molecule has 0 aromatic carbocycles. The molecule has 0 aromatic heterocycles. The highest BCUT2D eigenvalue weighted by Crippen LogP contribution is 2.26. The lowest BCUT2D eigenvalue weighted by Gasteiger charge is -2.19.